The van der Waals surface area contributed by atoms with Crippen LogP contribution in [0.1, 0.15) is 24.1 Å². The van der Waals surface area contributed by atoms with E-state index in [0.717, 1.165) is 23.1 Å². The third kappa shape index (κ3) is 3.76. The van der Waals surface area contributed by atoms with Gasteiger partial charge >= 0.3 is 0 Å². The molecule has 2 aromatic heterocycles. The molecule has 0 aliphatic carbocycles. The van der Waals surface area contributed by atoms with Crippen LogP contribution in [-0.2, 0) is 12.1 Å². The molecule has 0 aliphatic heterocycles. The number of rotatable bonds is 5. The molecule has 11 heteroatoms. The van der Waals surface area contributed by atoms with E-state index in [2.05, 4.69) is 20.1 Å². The first-order valence-corrected chi connectivity index (χ1v) is 8.36. The van der Waals surface area contributed by atoms with Crippen LogP contribution >= 0.6 is 23.2 Å². The van der Waals surface area contributed by atoms with Crippen LogP contribution < -0.4 is 0 Å². The number of aromatic nitrogens is 5. The van der Waals surface area contributed by atoms with Gasteiger partial charge < -0.3 is 5.11 Å². The van der Waals surface area contributed by atoms with Gasteiger partial charge in [-0.25, -0.2) is 32.8 Å². The molecular weight excluding hydrogens is 406 g/mol. The summed E-state index contributed by atoms with van der Waals surface area (Å²) in [5.74, 6) is -3.92. The van der Waals surface area contributed by atoms with Crippen molar-refractivity contribution in [3.8, 4) is 0 Å². The highest BCUT2D eigenvalue weighted by molar-refractivity contribution is 6.29. The molecule has 0 aliphatic rings. The Balaban J connectivity index is 2.15. The standard InChI is InChI=1S/C16H12Cl2F3N5O/c1-8(13-12(21)14(17)23-6-22-13)16(27,5-26-7-24-15(18)25-26)10-3-2-9(19)4-11(10)20/h2-4,6-8,27H,5H2,1H3/t8-,16-/m1/s1. The number of nitrogens with zero attached hydrogens (tertiary/aromatic N) is 5. The van der Waals surface area contributed by atoms with Gasteiger partial charge in [-0.15, -0.1) is 5.10 Å². The minimum Gasteiger partial charge on any atom is -0.382 e. The van der Waals surface area contributed by atoms with Crippen molar-refractivity contribution in [1.29, 1.82) is 0 Å². The minimum atomic E-state index is -2.09. The Morgan fingerprint density at radius 3 is 2.56 bits per heavy atom. The van der Waals surface area contributed by atoms with Crippen LogP contribution in [0.15, 0.2) is 30.9 Å². The first-order chi connectivity index (χ1) is 12.7. The molecule has 3 rings (SSSR count). The monoisotopic (exact) mass is 417 g/mol. The normalized spacial score (nSPS) is 14.8. The van der Waals surface area contributed by atoms with Crippen LogP contribution in [0.5, 0.6) is 0 Å². The molecule has 142 valence electrons. The number of hydrogen-bond donors (Lipinski definition) is 1. The Morgan fingerprint density at radius 1 is 1.19 bits per heavy atom. The van der Waals surface area contributed by atoms with Gasteiger partial charge in [-0.05, 0) is 17.7 Å². The van der Waals surface area contributed by atoms with Crippen molar-refractivity contribution < 1.29 is 18.3 Å². The molecule has 1 N–H and O–H groups in total. The molecule has 0 spiro atoms. The van der Waals surface area contributed by atoms with Crippen molar-refractivity contribution in [3.63, 3.8) is 0 Å². The van der Waals surface area contributed by atoms with Crippen molar-refractivity contribution in [2.45, 2.75) is 25.0 Å². The van der Waals surface area contributed by atoms with Crippen LogP contribution in [0, 0.1) is 17.5 Å². The van der Waals surface area contributed by atoms with E-state index in [0.29, 0.717) is 6.07 Å². The average Bonchev–Trinajstić information content (AvgIpc) is 3.01. The van der Waals surface area contributed by atoms with Crippen LogP contribution in [-0.4, -0.2) is 29.8 Å². The summed E-state index contributed by atoms with van der Waals surface area (Å²) in [6.07, 6.45) is 2.23. The number of hydrogen-bond acceptors (Lipinski definition) is 5. The Labute approximate surface area is 161 Å². The molecule has 3 aromatic rings. The quantitative estimate of drug-likeness (QED) is 0.643. The number of aliphatic hydroxyl groups is 1. The van der Waals surface area contributed by atoms with Crippen molar-refractivity contribution in [3.05, 3.63) is 70.0 Å². The van der Waals surface area contributed by atoms with Gasteiger partial charge in [0, 0.05) is 17.5 Å². The van der Waals surface area contributed by atoms with Gasteiger partial charge in [-0.2, -0.15) is 0 Å². The highest BCUT2D eigenvalue weighted by Crippen LogP contribution is 2.40. The molecule has 2 heterocycles. The van der Waals surface area contributed by atoms with Gasteiger partial charge in [-0.3, -0.25) is 0 Å². The van der Waals surface area contributed by atoms with Crippen molar-refractivity contribution in [2.24, 2.45) is 0 Å². The van der Waals surface area contributed by atoms with E-state index in [4.69, 9.17) is 23.2 Å². The van der Waals surface area contributed by atoms with Crippen molar-refractivity contribution in [2.75, 3.05) is 0 Å². The Bertz CT molecular complexity index is 986. The molecule has 0 saturated heterocycles. The van der Waals surface area contributed by atoms with Crippen LogP contribution in [0.4, 0.5) is 13.2 Å². The summed E-state index contributed by atoms with van der Waals surface area (Å²) in [4.78, 5) is 11.1. The van der Waals surface area contributed by atoms with E-state index in [1.54, 1.807) is 0 Å². The molecule has 0 amide bonds. The summed E-state index contributed by atoms with van der Waals surface area (Å²) in [5, 5.41) is 14.7. The third-order valence-corrected chi connectivity index (χ3v) is 4.65. The average molecular weight is 418 g/mol. The summed E-state index contributed by atoms with van der Waals surface area (Å²) in [5.41, 5.74) is -2.61. The van der Waals surface area contributed by atoms with Crippen molar-refractivity contribution >= 4 is 23.2 Å². The first kappa shape index (κ1) is 19.5. The summed E-state index contributed by atoms with van der Waals surface area (Å²) in [6, 6.07) is 2.67. The molecule has 0 radical (unpaired) electrons. The lowest BCUT2D eigenvalue weighted by Gasteiger charge is -2.34. The second-order valence-corrected chi connectivity index (χ2v) is 6.54. The molecule has 1 aromatic carbocycles. The van der Waals surface area contributed by atoms with E-state index in [1.807, 2.05) is 0 Å². The van der Waals surface area contributed by atoms with E-state index in [9.17, 15) is 18.3 Å². The van der Waals surface area contributed by atoms with Gasteiger partial charge in [0.15, 0.2) is 11.0 Å². The molecule has 0 bridgehead atoms. The van der Waals surface area contributed by atoms with Gasteiger partial charge in [0.25, 0.3) is 0 Å². The zero-order chi connectivity index (χ0) is 19.8. The Kier molecular flexibility index (Phi) is 5.36. The van der Waals surface area contributed by atoms with E-state index in [1.165, 1.54) is 13.3 Å². The van der Waals surface area contributed by atoms with Gasteiger partial charge in [-0.1, -0.05) is 24.6 Å². The number of benzene rings is 1. The van der Waals surface area contributed by atoms with Crippen molar-refractivity contribution in [1.82, 2.24) is 24.7 Å². The lowest BCUT2D eigenvalue weighted by atomic mass is 9.79. The fraction of sp³-hybridized carbons (Fsp3) is 0.250. The zero-order valence-electron chi connectivity index (χ0n) is 13.7. The molecule has 27 heavy (non-hydrogen) atoms. The lowest BCUT2D eigenvalue weighted by molar-refractivity contribution is -0.0133. The first-order valence-electron chi connectivity index (χ1n) is 7.61. The summed E-state index contributed by atoms with van der Waals surface area (Å²) < 4.78 is 43.4. The molecule has 0 saturated carbocycles. The molecule has 6 nitrogen and oxygen atoms in total. The van der Waals surface area contributed by atoms with Gasteiger partial charge in [0.05, 0.1) is 12.2 Å². The number of halogens is 5. The predicted octanol–water partition coefficient (Wildman–Crippen LogP) is 3.48. The second-order valence-electron chi connectivity index (χ2n) is 5.84. The molecule has 0 fully saturated rings. The van der Waals surface area contributed by atoms with Gasteiger partial charge in [0.2, 0.25) is 5.28 Å². The highest BCUT2D eigenvalue weighted by atomic mass is 35.5. The SMILES string of the molecule is C[C@H](c1ncnc(Cl)c1F)[C@](O)(Cn1cnc(Cl)n1)c1ccc(F)cc1F. The summed E-state index contributed by atoms with van der Waals surface area (Å²) >= 11 is 11.4. The molecular formula is C16H12Cl2F3N5O. The predicted molar refractivity (Wildman–Crippen MR) is 90.7 cm³/mol. The molecule has 2 atom stereocenters. The minimum absolute atomic E-state index is 0.0964. The fourth-order valence-corrected chi connectivity index (χ4v) is 3.06. The van der Waals surface area contributed by atoms with Crippen LogP contribution in [0.2, 0.25) is 10.4 Å². The lowest BCUT2D eigenvalue weighted by Crippen LogP contribution is -2.39. The fourth-order valence-electron chi connectivity index (χ4n) is 2.78. The summed E-state index contributed by atoms with van der Waals surface area (Å²) in [6.45, 7) is 1.06. The van der Waals surface area contributed by atoms with Crippen LogP contribution in [0.25, 0.3) is 0 Å². The summed E-state index contributed by atoms with van der Waals surface area (Å²) in [7, 11) is 0. The largest absolute Gasteiger partial charge is 0.382 e. The topological polar surface area (TPSA) is 76.7 Å². The van der Waals surface area contributed by atoms with E-state index < -0.39 is 34.1 Å². The maximum atomic E-state index is 14.5. The second kappa shape index (κ2) is 7.41. The van der Waals surface area contributed by atoms with E-state index >= 15 is 0 Å². The molecule has 0 unspecified atom stereocenters. The van der Waals surface area contributed by atoms with E-state index in [-0.39, 0.29) is 23.1 Å². The zero-order valence-corrected chi connectivity index (χ0v) is 15.3. The maximum absolute atomic E-state index is 14.5. The Morgan fingerprint density at radius 2 is 1.93 bits per heavy atom. The highest BCUT2D eigenvalue weighted by Gasteiger charge is 2.42. The third-order valence-electron chi connectivity index (χ3n) is 4.21. The Hall–Kier alpha value is -2.23. The van der Waals surface area contributed by atoms with Gasteiger partial charge in [0.1, 0.15) is 29.9 Å². The maximum Gasteiger partial charge on any atom is 0.242 e. The smallest absolute Gasteiger partial charge is 0.242 e. The van der Waals surface area contributed by atoms with Crippen LogP contribution in [0.3, 0.4) is 0 Å².